The Morgan fingerprint density at radius 3 is 2.62 bits per heavy atom. The van der Waals surface area contributed by atoms with Crippen LogP contribution in [-0.2, 0) is 6.54 Å². The summed E-state index contributed by atoms with van der Waals surface area (Å²) >= 11 is 0. The van der Waals surface area contributed by atoms with Gasteiger partial charge in [0.15, 0.2) is 17.3 Å². The number of para-hydroxylation sites is 1. The zero-order valence-corrected chi connectivity index (χ0v) is 17.2. The van der Waals surface area contributed by atoms with E-state index in [9.17, 15) is 14.0 Å². The van der Waals surface area contributed by atoms with Crippen molar-refractivity contribution in [2.75, 3.05) is 0 Å². The quantitative estimate of drug-likeness (QED) is 0.503. The molecule has 0 saturated heterocycles. The first kappa shape index (κ1) is 20.9. The third-order valence-corrected chi connectivity index (χ3v) is 4.63. The average Bonchev–Trinajstić information content (AvgIpc) is 2.80. The smallest absolute Gasteiger partial charge is 0.276 e. The van der Waals surface area contributed by atoms with Gasteiger partial charge in [0.05, 0.1) is 11.9 Å². The second kappa shape index (κ2) is 9.22. The average molecular weight is 430 g/mol. The highest BCUT2D eigenvalue weighted by molar-refractivity contribution is 5.92. The van der Waals surface area contributed by atoms with Crippen LogP contribution in [0.5, 0.6) is 11.5 Å². The summed E-state index contributed by atoms with van der Waals surface area (Å²) < 4.78 is 21.4. The van der Waals surface area contributed by atoms with E-state index in [2.05, 4.69) is 15.4 Å². The number of benzene rings is 2. The fourth-order valence-corrected chi connectivity index (χ4v) is 3.07. The molecule has 1 amide bonds. The Labute approximate surface area is 183 Å². The van der Waals surface area contributed by atoms with Crippen molar-refractivity contribution in [3.63, 3.8) is 0 Å². The minimum atomic E-state index is -0.643. The predicted octanol–water partition coefficient (Wildman–Crippen LogP) is 3.80. The van der Waals surface area contributed by atoms with Crippen molar-refractivity contribution in [1.29, 1.82) is 0 Å². The van der Waals surface area contributed by atoms with Crippen molar-refractivity contribution in [1.82, 2.24) is 20.1 Å². The van der Waals surface area contributed by atoms with E-state index in [4.69, 9.17) is 4.74 Å². The first-order valence-electron chi connectivity index (χ1n) is 9.82. The third-order valence-electron chi connectivity index (χ3n) is 4.63. The number of hydrogen-bond acceptors (Lipinski definition) is 5. The molecule has 0 aliphatic carbocycles. The molecule has 0 radical (unpaired) electrons. The van der Waals surface area contributed by atoms with Crippen LogP contribution in [0.25, 0.3) is 5.69 Å². The highest BCUT2D eigenvalue weighted by Gasteiger charge is 2.15. The molecule has 0 bridgehead atoms. The van der Waals surface area contributed by atoms with Gasteiger partial charge in [-0.15, -0.1) is 0 Å². The highest BCUT2D eigenvalue weighted by atomic mass is 19.1. The number of aryl methyl sites for hydroxylation is 1. The number of halogens is 1. The Hall–Kier alpha value is -4.33. The SMILES string of the molecule is Cc1cc(=O)c(C(=O)NCc2ccc(Oc3cccnc3)c(F)c2)nn1-c1ccccc1. The van der Waals surface area contributed by atoms with Gasteiger partial charge in [-0.25, -0.2) is 9.07 Å². The van der Waals surface area contributed by atoms with E-state index < -0.39 is 17.2 Å². The van der Waals surface area contributed by atoms with E-state index in [-0.39, 0.29) is 18.0 Å². The van der Waals surface area contributed by atoms with Crippen molar-refractivity contribution in [3.05, 3.63) is 112 Å². The molecule has 0 atom stereocenters. The van der Waals surface area contributed by atoms with Crippen molar-refractivity contribution in [3.8, 4) is 17.2 Å². The topological polar surface area (TPSA) is 86.1 Å². The summed E-state index contributed by atoms with van der Waals surface area (Å²) in [5, 5.41) is 6.84. The number of ether oxygens (including phenoxy) is 1. The molecular weight excluding hydrogens is 411 g/mol. The molecule has 0 aliphatic heterocycles. The Kier molecular flexibility index (Phi) is 6.03. The first-order chi connectivity index (χ1) is 15.5. The Morgan fingerprint density at radius 1 is 1.09 bits per heavy atom. The number of amides is 1. The Bertz CT molecular complexity index is 1310. The maximum absolute atomic E-state index is 14.4. The van der Waals surface area contributed by atoms with E-state index in [1.165, 1.54) is 29.1 Å². The number of carbonyl (C=O) groups is 1. The maximum atomic E-state index is 14.4. The van der Waals surface area contributed by atoms with Crippen LogP contribution in [0, 0.1) is 12.7 Å². The molecule has 160 valence electrons. The molecule has 2 aromatic heterocycles. The van der Waals surface area contributed by atoms with Crippen molar-refractivity contribution < 1.29 is 13.9 Å². The van der Waals surface area contributed by atoms with Crippen LogP contribution < -0.4 is 15.5 Å². The summed E-state index contributed by atoms with van der Waals surface area (Å²) in [7, 11) is 0. The zero-order valence-electron chi connectivity index (χ0n) is 17.2. The summed E-state index contributed by atoms with van der Waals surface area (Å²) in [6, 6.07) is 18.2. The van der Waals surface area contributed by atoms with E-state index in [0.717, 1.165) is 5.69 Å². The van der Waals surface area contributed by atoms with Gasteiger partial charge in [0.2, 0.25) is 5.43 Å². The monoisotopic (exact) mass is 430 g/mol. The van der Waals surface area contributed by atoms with Crippen molar-refractivity contribution in [2.45, 2.75) is 13.5 Å². The Morgan fingerprint density at radius 2 is 1.91 bits per heavy atom. The second-order valence-electron chi connectivity index (χ2n) is 6.98. The van der Waals surface area contributed by atoms with Gasteiger partial charge in [-0.3, -0.25) is 14.6 Å². The normalized spacial score (nSPS) is 10.6. The van der Waals surface area contributed by atoms with Crippen LogP contribution in [0.15, 0.2) is 83.9 Å². The van der Waals surface area contributed by atoms with Crippen LogP contribution in [0.2, 0.25) is 0 Å². The third kappa shape index (κ3) is 4.70. The van der Waals surface area contributed by atoms with Gasteiger partial charge < -0.3 is 10.1 Å². The molecule has 2 aromatic carbocycles. The van der Waals surface area contributed by atoms with Crippen molar-refractivity contribution >= 4 is 5.91 Å². The molecule has 0 saturated carbocycles. The molecule has 0 fully saturated rings. The van der Waals surface area contributed by atoms with Crippen LogP contribution in [0.3, 0.4) is 0 Å². The van der Waals surface area contributed by atoms with Gasteiger partial charge >= 0.3 is 0 Å². The first-order valence-corrected chi connectivity index (χ1v) is 9.82. The van der Waals surface area contributed by atoms with Crippen LogP contribution in [0.4, 0.5) is 4.39 Å². The molecule has 32 heavy (non-hydrogen) atoms. The second-order valence-corrected chi connectivity index (χ2v) is 6.98. The van der Waals surface area contributed by atoms with Gasteiger partial charge in [-0.2, -0.15) is 5.10 Å². The number of aromatic nitrogens is 3. The lowest BCUT2D eigenvalue weighted by Crippen LogP contribution is -2.31. The van der Waals surface area contributed by atoms with Crippen molar-refractivity contribution in [2.24, 2.45) is 0 Å². The van der Waals surface area contributed by atoms with Crippen LogP contribution in [-0.4, -0.2) is 20.7 Å². The standard InChI is InChI=1S/C24H19FN4O3/c1-16-12-21(30)23(28-29(16)18-6-3-2-4-7-18)24(31)27-14-17-9-10-22(20(25)13-17)32-19-8-5-11-26-15-19/h2-13,15H,14H2,1H3,(H,27,31). The van der Waals surface area contributed by atoms with Gasteiger partial charge in [0.1, 0.15) is 5.75 Å². The fraction of sp³-hybridized carbons (Fsp3) is 0.0833. The number of rotatable bonds is 6. The maximum Gasteiger partial charge on any atom is 0.276 e. The molecule has 0 spiro atoms. The summed E-state index contributed by atoms with van der Waals surface area (Å²) in [6.45, 7) is 1.75. The highest BCUT2D eigenvalue weighted by Crippen LogP contribution is 2.24. The molecule has 7 nitrogen and oxygen atoms in total. The summed E-state index contributed by atoms with van der Waals surface area (Å²) in [4.78, 5) is 28.9. The van der Waals surface area contributed by atoms with Crippen LogP contribution >= 0.6 is 0 Å². The molecule has 2 heterocycles. The number of nitrogens with one attached hydrogen (secondary N) is 1. The fourth-order valence-electron chi connectivity index (χ4n) is 3.07. The number of pyridine rings is 1. The molecular formula is C24H19FN4O3. The summed E-state index contributed by atoms with van der Waals surface area (Å²) in [6.07, 6.45) is 3.07. The molecule has 8 heteroatoms. The number of carbonyl (C=O) groups excluding carboxylic acids is 1. The lowest BCUT2D eigenvalue weighted by atomic mass is 10.2. The van der Waals surface area contributed by atoms with E-state index in [1.54, 1.807) is 31.3 Å². The molecule has 0 aliphatic rings. The van der Waals surface area contributed by atoms with E-state index >= 15 is 0 Å². The zero-order chi connectivity index (χ0) is 22.5. The lowest BCUT2D eigenvalue weighted by Gasteiger charge is -2.12. The molecule has 0 unspecified atom stereocenters. The summed E-state index contributed by atoms with van der Waals surface area (Å²) in [5.41, 5.74) is 1.11. The number of hydrogen-bond donors (Lipinski definition) is 1. The van der Waals surface area contributed by atoms with E-state index in [0.29, 0.717) is 17.0 Å². The lowest BCUT2D eigenvalue weighted by molar-refractivity contribution is 0.0943. The minimum Gasteiger partial charge on any atom is -0.453 e. The molecule has 1 N–H and O–H groups in total. The Balaban J connectivity index is 1.48. The number of nitrogens with zero attached hydrogens (tertiary/aromatic N) is 3. The molecule has 4 aromatic rings. The molecule has 4 rings (SSSR count). The van der Waals surface area contributed by atoms with Gasteiger partial charge in [0.25, 0.3) is 5.91 Å². The van der Waals surface area contributed by atoms with Gasteiger partial charge in [0, 0.05) is 24.5 Å². The predicted molar refractivity (Wildman–Crippen MR) is 116 cm³/mol. The minimum absolute atomic E-state index is 0.0171. The van der Waals surface area contributed by atoms with Gasteiger partial charge in [-0.05, 0) is 48.9 Å². The summed E-state index contributed by atoms with van der Waals surface area (Å²) in [5.74, 6) is -0.775. The van der Waals surface area contributed by atoms with E-state index in [1.807, 2.05) is 30.3 Å². The largest absolute Gasteiger partial charge is 0.453 e. The van der Waals surface area contributed by atoms with Crippen LogP contribution in [0.1, 0.15) is 21.7 Å². The van der Waals surface area contributed by atoms with Gasteiger partial charge in [-0.1, -0.05) is 24.3 Å².